The molecule has 5 nitrogen and oxygen atoms in total. The predicted octanol–water partition coefficient (Wildman–Crippen LogP) is 3.65. The van der Waals surface area contributed by atoms with E-state index in [1.807, 2.05) is 0 Å². The van der Waals surface area contributed by atoms with E-state index < -0.39 is 11.9 Å². The zero-order valence-electron chi connectivity index (χ0n) is 14.1. The minimum Gasteiger partial charge on any atom is -0.460 e. The van der Waals surface area contributed by atoms with Crippen molar-refractivity contribution in [3.8, 4) is 0 Å². The molecule has 0 heterocycles. The first-order chi connectivity index (χ1) is 10.2. The number of carbonyl (C=O) groups is 1. The summed E-state index contributed by atoms with van der Waals surface area (Å²) < 4.78 is 22.1. The molecule has 0 N–H and O–H groups in total. The molecule has 0 aliphatic carbocycles. The third-order valence-electron chi connectivity index (χ3n) is 2.90. The van der Waals surface area contributed by atoms with Gasteiger partial charge in [-0.05, 0) is 26.2 Å². The number of hydrogen-bond donors (Lipinski definition) is 0. The average molecular weight is 304 g/mol. The predicted molar refractivity (Wildman–Crippen MR) is 81.9 cm³/mol. The number of rotatable bonds is 14. The molecular weight excluding hydrogens is 272 g/mol. The molecule has 21 heavy (non-hydrogen) atoms. The van der Waals surface area contributed by atoms with Gasteiger partial charge in [-0.2, -0.15) is 0 Å². The van der Waals surface area contributed by atoms with Crippen molar-refractivity contribution >= 4 is 5.97 Å². The maximum atomic E-state index is 12.3. The van der Waals surface area contributed by atoms with Gasteiger partial charge >= 0.3 is 11.9 Å². The molecule has 0 aliphatic rings. The van der Waals surface area contributed by atoms with Gasteiger partial charge < -0.3 is 18.9 Å². The van der Waals surface area contributed by atoms with Gasteiger partial charge in [-0.3, -0.25) is 0 Å². The van der Waals surface area contributed by atoms with Crippen LogP contribution in [0.3, 0.4) is 0 Å². The van der Waals surface area contributed by atoms with Gasteiger partial charge in [-0.15, -0.1) is 0 Å². The van der Waals surface area contributed by atoms with E-state index >= 15 is 0 Å². The van der Waals surface area contributed by atoms with Crippen molar-refractivity contribution in [3.05, 3.63) is 0 Å². The summed E-state index contributed by atoms with van der Waals surface area (Å²) in [5, 5.41) is 0. The second-order valence-electron chi connectivity index (χ2n) is 4.88. The van der Waals surface area contributed by atoms with Crippen molar-refractivity contribution in [2.45, 2.75) is 72.2 Å². The van der Waals surface area contributed by atoms with Crippen LogP contribution in [0.2, 0.25) is 0 Å². The summed E-state index contributed by atoms with van der Waals surface area (Å²) in [7, 11) is 0. The second kappa shape index (κ2) is 13.0. The fraction of sp³-hybridized carbons (Fsp3) is 0.938. The summed E-state index contributed by atoms with van der Waals surface area (Å²) in [6.07, 6.45) is 5.45. The summed E-state index contributed by atoms with van der Waals surface area (Å²) >= 11 is 0. The Morgan fingerprint density at radius 3 is 1.43 bits per heavy atom. The van der Waals surface area contributed by atoms with Crippen LogP contribution in [0.1, 0.15) is 66.2 Å². The van der Waals surface area contributed by atoms with E-state index in [1.165, 1.54) is 0 Å². The summed E-state index contributed by atoms with van der Waals surface area (Å²) in [6, 6.07) is 0. The number of unbranched alkanes of at least 4 members (excludes halogenated alkanes) is 3. The molecule has 0 aliphatic heterocycles. The Balaban J connectivity index is 4.82. The molecule has 0 amide bonds. The Morgan fingerprint density at radius 2 is 1.14 bits per heavy atom. The SMILES string of the molecule is CCCCOC(OCCCC)(OCCCC)C(=O)OCC. The topological polar surface area (TPSA) is 54.0 Å². The van der Waals surface area contributed by atoms with Gasteiger partial charge in [0.05, 0.1) is 26.4 Å². The van der Waals surface area contributed by atoms with Crippen LogP contribution < -0.4 is 0 Å². The molecule has 0 radical (unpaired) electrons. The second-order valence-corrected chi connectivity index (χ2v) is 4.88. The summed E-state index contributed by atoms with van der Waals surface area (Å²) in [5.74, 6) is -2.29. The summed E-state index contributed by atoms with van der Waals surface area (Å²) in [4.78, 5) is 12.3. The summed E-state index contributed by atoms with van der Waals surface area (Å²) in [6.45, 7) is 9.44. The van der Waals surface area contributed by atoms with Gasteiger partial charge in [0.25, 0.3) is 0 Å². The first kappa shape index (κ1) is 20.3. The van der Waals surface area contributed by atoms with Gasteiger partial charge in [0.15, 0.2) is 0 Å². The van der Waals surface area contributed by atoms with Crippen LogP contribution in [0.5, 0.6) is 0 Å². The molecule has 0 spiro atoms. The van der Waals surface area contributed by atoms with Crippen LogP contribution >= 0.6 is 0 Å². The molecule has 0 saturated heterocycles. The molecule has 0 rings (SSSR count). The quantitative estimate of drug-likeness (QED) is 0.278. The highest BCUT2D eigenvalue weighted by atomic mass is 16.9. The lowest BCUT2D eigenvalue weighted by molar-refractivity contribution is -0.364. The monoisotopic (exact) mass is 304 g/mol. The minimum absolute atomic E-state index is 0.270. The molecule has 0 fully saturated rings. The molecule has 5 heteroatoms. The molecule has 0 atom stereocenters. The smallest absolute Gasteiger partial charge is 0.398 e. The van der Waals surface area contributed by atoms with Gasteiger partial charge in [-0.25, -0.2) is 4.79 Å². The van der Waals surface area contributed by atoms with Crippen molar-refractivity contribution in [1.82, 2.24) is 0 Å². The van der Waals surface area contributed by atoms with Crippen LogP contribution in [0.25, 0.3) is 0 Å². The van der Waals surface area contributed by atoms with Crippen molar-refractivity contribution in [3.63, 3.8) is 0 Å². The van der Waals surface area contributed by atoms with Crippen molar-refractivity contribution < 1.29 is 23.7 Å². The van der Waals surface area contributed by atoms with Crippen LogP contribution in [0.15, 0.2) is 0 Å². The molecule has 0 saturated carbocycles. The van der Waals surface area contributed by atoms with Gasteiger partial charge in [0.1, 0.15) is 0 Å². The summed E-state index contributed by atoms with van der Waals surface area (Å²) in [5.41, 5.74) is 0. The Hall–Kier alpha value is -0.650. The largest absolute Gasteiger partial charge is 0.460 e. The lowest BCUT2D eigenvalue weighted by Gasteiger charge is -2.30. The molecular formula is C16H32O5. The van der Waals surface area contributed by atoms with Crippen molar-refractivity contribution in [2.24, 2.45) is 0 Å². The Labute approximate surface area is 129 Å². The Kier molecular flexibility index (Phi) is 12.6. The number of esters is 1. The first-order valence-electron chi connectivity index (χ1n) is 8.25. The Morgan fingerprint density at radius 1 is 0.762 bits per heavy atom. The third kappa shape index (κ3) is 8.39. The van der Waals surface area contributed by atoms with E-state index in [1.54, 1.807) is 6.92 Å². The lowest BCUT2D eigenvalue weighted by Crippen LogP contribution is -2.49. The van der Waals surface area contributed by atoms with Gasteiger partial charge in [0.2, 0.25) is 0 Å². The van der Waals surface area contributed by atoms with Crippen LogP contribution in [-0.4, -0.2) is 38.4 Å². The molecule has 0 aromatic carbocycles. The number of hydrogen-bond acceptors (Lipinski definition) is 5. The molecule has 0 unspecified atom stereocenters. The van der Waals surface area contributed by atoms with Crippen LogP contribution in [0.4, 0.5) is 0 Å². The minimum atomic E-state index is -1.70. The van der Waals surface area contributed by atoms with Crippen molar-refractivity contribution in [1.29, 1.82) is 0 Å². The maximum Gasteiger partial charge on any atom is 0.398 e. The lowest BCUT2D eigenvalue weighted by atomic mass is 10.3. The normalized spacial score (nSPS) is 11.6. The Bertz CT molecular complexity index is 229. The first-order valence-corrected chi connectivity index (χ1v) is 8.25. The fourth-order valence-electron chi connectivity index (χ4n) is 1.57. The highest BCUT2D eigenvalue weighted by molar-refractivity contribution is 5.76. The highest BCUT2D eigenvalue weighted by Crippen LogP contribution is 2.20. The molecule has 0 aromatic heterocycles. The van der Waals surface area contributed by atoms with E-state index in [-0.39, 0.29) is 6.61 Å². The van der Waals surface area contributed by atoms with E-state index in [0.29, 0.717) is 19.8 Å². The van der Waals surface area contributed by atoms with Gasteiger partial charge in [-0.1, -0.05) is 40.0 Å². The maximum absolute atomic E-state index is 12.3. The van der Waals surface area contributed by atoms with E-state index in [0.717, 1.165) is 38.5 Å². The van der Waals surface area contributed by atoms with Gasteiger partial charge in [0, 0.05) is 0 Å². The number of carbonyl (C=O) groups excluding carboxylic acids is 1. The molecule has 0 bridgehead atoms. The zero-order chi connectivity index (χ0) is 16.0. The van der Waals surface area contributed by atoms with Crippen LogP contribution in [-0.2, 0) is 23.7 Å². The number of ether oxygens (including phenoxy) is 4. The standard InChI is InChI=1S/C16H32O5/c1-5-9-12-19-16(15(17)18-8-4,20-13-10-6-2)21-14-11-7-3/h5-14H2,1-4H3. The highest BCUT2D eigenvalue weighted by Gasteiger charge is 2.44. The zero-order valence-corrected chi connectivity index (χ0v) is 14.1. The van der Waals surface area contributed by atoms with E-state index in [9.17, 15) is 4.79 Å². The van der Waals surface area contributed by atoms with E-state index in [4.69, 9.17) is 18.9 Å². The van der Waals surface area contributed by atoms with E-state index in [2.05, 4.69) is 20.8 Å². The molecule has 0 aromatic rings. The fourth-order valence-corrected chi connectivity index (χ4v) is 1.57. The van der Waals surface area contributed by atoms with Crippen LogP contribution in [0, 0.1) is 0 Å². The van der Waals surface area contributed by atoms with Crippen molar-refractivity contribution in [2.75, 3.05) is 26.4 Å². The average Bonchev–Trinajstić information content (AvgIpc) is 2.47. The molecule has 126 valence electrons. The third-order valence-corrected chi connectivity index (χ3v) is 2.90.